The Bertz CT molecular complexity index is 1070. The van der Waals surface area contributed by atoms with Crippen LogP contribution in [0.15, 0.2) is 18.2 Å². The zero-order valence-corrected chi connectivity index (χ0v) is 18.6. The third-order valence-corrected chi connectivity index (χ3v) is 6.70. The number of halogens is 2. The van der Waals surface area contributed by atoms with Gasteiger partial charge >= 0.3 is 6.03 Å². The first kappa shape index (κ1) is 21.6. The number of rotatable bonds is 1. The lowest BCUT2D eigenvalue weighted by molar-refractivity contribution is 0.0939. The smallest absolute Gasteiger partial charge is 0.320 e. The van der Waals surface area contributed by atoms with Gasteiger partial charge in [-0.05, 0) is 26.0 Å². The Hall–Kier alpha value is -3.21. The van der Waals surface area contributed by atoms with E-state index in [1.165, 1.54) is 0 Å². The van der Waals surface area contributed by atoms with Crippen molar-refractivity contribution in [3.63, 3.8) is 0 Å². The minimum absolute atomic E-state index is 0.0126. The minimum Gasteiger partial charge on any atom is -0.504 e. The number of nitrogens with zero attached hydrogens (tertiary/aromatic N) is 5. The second kappa shape index (κ2) is 8.29. The van der Waals surface area contributed by atoms with Gasteiger partial charge in [-0.1, -0.05) is 0 Å². The number of benzene rings is 1. The number of hydrogen-bond acceptors (Lipinski definition) is 7. The van der Waals surface area contributed by atoms with E-state index in [0.29, 0.717) is 38.1 Å². The van der Waals surface area contributed by atoms with Gasteiger partial charge < -0.3 is 30.4 Å². The summed E-state index contributed by atoms with van der Waals surface area (Å²) in [4.78, 5) is 19.3. The quantitative estimate of drug-likeness (QED) is 0.599. The average Bonchev–Trinajstić information content (AvgIpc) is 2.80. The molecule has 33 heavy (non-hydrogen) atoms. The molecular weight excluding hydrogens is 432 g/mol. The van der Waals surface area contributed by atoms with Gasteiger partial charge in [-0.2, -0.15) is 0 Å². The van der Waals surface area contributed by atoms with Gasteiger partial charge in [0.2, 0.25) is 0 Å². The number of nitrogens with one attached hydrogen (secondary N) is 2. The molecule has 0 aliphatic carbocycles. The number of phenols is 1. The van der Waals surface area contributed by atoms with Crippen LogP contribution in [0.5, 0.6) is 5.75 Å². The van der Waals surface area contributed by atoms with Gasteiger partial charge in [0.1, 0.15) is 5.82 Å². The van der Waals surface area contributed by atoms with Crippen LogP contribution >= 0.6 is 0 Å². The number of hydrogen-bond donors (Lipinski definition) is 3. The van der Waals surface area contributed by atoms with E-state index in [4.69, 9.17) is 0 Å². The van der Waals surface area contributed by atoms with Crippen LogP contribution in [0, 0.1) is 11.6 Å². The highest BCUT2D eigenvalue weighted by Crippen LogP contribution is 2.37. The first-order valence-electron chi connectivity index (χ1n) is 11.2. The van der Waals surface area contributed by atoms with E-state index in [-0.39, 0.29) is 35.4 Å². The number of fused-ring (bicyclic) bond motifs is 3. The van der Waals surface area contributed by atoms with E-state index in [9.17, 15) is 18.7 Å². The number of anilines is 2. The number of piperazine rings is 2. The van der Waals surface area contributed by atoms with Crippen molar-refractivity contribution in [3.8, 4) is 17.0 Å². The summed E-state index contributed by atoms with van der Waals surface area (Å²) in [5, 5.41) is 24.9. The summed E-state index contributed by atoms with van der Waals surface area (Å²) in [5.41, 5.74) is 0.853. The summed E-state index contributed by atoms with van der Waals surface area (Å²) in [7, 11) is 0. The summed E-state index contributed by atoms with van der Waals surface area (Å²) >= 11 is 0. The van der Waals surface area contributed by atoms with Crippen LogP contribution in [0.25, 0.3) is 11.3 Å². The molecule has 4 heterocycles. The Balaban J connectivity index is 1.38. The third-order valence-electron chi connectivity index (χ3n) is 6.70. The molecule has 3 atom stereocenters. The second-order valence-corrected chi connectivity index (χ2v) is 8.97. The molecule has 2 fully saturated rings. The standard InChI is InChI=1S/C22H27F2N7O2/c1-12-8-25-9-13(2)31(12)22(33)29-3-4-30-15(11-29)10-26-21-19(30)7-18(27-28-21)16-5-14(23)6-17(24)20(16)32/h5-7,12-13,15,25,32H,3-4,8-11H2,1-2H3,(H,26,28)/t12-,13-,15+/m1/s1. The van der Waals surface area contributed by atoms with E-state index < -0.39 is 17.4 Å². The number of aromatic hydroxyl groups is 1. The highest BCUT2D eigenvalue weighted by molar-refractivity contribution is 5.79. The van der Waals surface area contributed by atoms with Crippen LogP contribution in [-0.2, 0) is 0 Å². The fraction of sp³-hybridized carbons (Fsp3) is 0.500. The van der Waals surface area contributed by atoms with Crippen LogP contribution in [0.2, 0.25) is 0 Å². The molecule has 5 rings (SSSR count). The van der Waals surface area contributed by atoms with Crippen LogP contribution in [0.1, 0.15) is 13.8 Å². The molecule has 0 unspecified atom stereocenters. The lowest BCUT2D eigenvalue weighted by Gasteiger charge is -2.48. The molecule has 3 aliphatic rings. The molecule has 2 amide bonds. The molecule has 0 spiro atoms. The highest BCUT2D eigenvalue weighted by atomic mass is 19.1. The molecule has 3 N–H and O–H groups in total. The summed E-state index contributed by atoms with van der Waals surface area (Å²) in [6.45, 7) is 7.96. The second-order valence-electron chi connectivity index (χ2n) is 8.97. The molecule has 1 aromatic carbocycles. The number of carbonyl (C=O) groups excluding carboxylic acids is 1. The summed E-state index contributed by atoms with van der Waals surface area (Å²) < 4.78 is 27.6. The highest BCUT2D eigenvalue weighted by Gasteiger charge is 2.38. The number of amides is 2. The topological polar surface area (TPSA) is 96.9 Å². The van der Waals surface area contributed by atoms with Crippen LogP contribution < -0.4 is 15.5 Å². The number of carbonyl (C=O) groups is 1. The van der Waals surface area contributed by atoms with E-state index in [0.717, 1.165) is 24.8 Å². The normalized spacial score (nSPS) is 24.7. The summed E-state index contributed by atoms with van der Waals surface area (Å²) in [5.74, 6) is -1.96. The van der Waals surface area contributed by atoms with Gasteiger partial charge in [0, 0.05) is 63.0 Å². The Morgan fingerprint density at radius 1 is 1.09 bits per heavy atom. The van der Waals surface area contributed by atoms with Gasteiger partial charge in [-0.3, -0.25) is 0 Å². The van der Waals surface area contributed by atoms with E-state index in [1.54, 1.807) is 6.07 Å². The van der Waals surface area contributed by atoms with Crippen molar-refractivity contribution in [1.29, 1.82) is 0 Å². The number of urea groups is 1. The Kier molecular flexibility index (Phi) is 5.43. The summed E-state index contributed by atoms with van der Waals surface area (Å²) in [6, 6.07) is 3.65. The lowest BCUT2D eigenvalue weighted by atomic mass is 10.0. The molecule has 0 saturated carbocycles. The lowest BCUT2D eigenvalue weighted by Crippen LogP contribution is -2.65. The van der Waals surface area contributed by atoms with Gasteiger partial charge in [-0.15, -0.1) is 10.2 Å². The van der Waals surface area contributed by atoms with Crippen LogP contribution in [-0.4, -0.2) is 88.5 Å². The van der Waals surface area contributed by atoms with E-state index >= 15 is 0 Å². The maximum Gasteiger partial charge on any atom is 0.320 e. The number of phenolic OH excluding ortho intramolecular Hbond substituents is 1. The fourth-order valence-corrected chi connectivity index (χ4v) is 5.03. The molecule has 2 aromatic rings. The van der Waals surface area contributed by atoms with E-state index in [2.05, 4.69) is 39.6 Å². The van der Waals surface area contributed by atoms with Crippen LogP contribution in [0.4, 0.5) is 25.1 Å². The SMILES string of the molecule is C[C@@H]1CNC[C@@H](C)N1C(=O)N1CCN2c3cc(-c4cc(F)cc(F)c4O)nnc3NC[C@H]2C1. The molecular formula is C22H27F2N7O2. The van der Waals surface area contributed by atoms with Crippen molar-refractivity contribution in [2.24, 2.45) is 0 Å². The van der Waals surface area contributed by atoms with Gasteiger partial charge in [0.15, 0.2) is 17.4 Å². The molecule has 0 radical (unpaired) electrons. The fourth-order valence-electron chi connectivity index (χ4n) is 5.03. The Morgan fingerprint density at radius 3 is 2.61 bits per heavy atom. The van der Waals surface area contributed by atoms with Gasteiger partial charge in [-0.25, -0.2) is 13.6 Å². The summed E-state index contributed by atoms with van der Waals surface area (Å²) in [6.07, 6.45) is 0. The molecule has 11 heteroatoms. The van der Waals surface area contributed by atoms with Gasteiger partial charge in [0.05, 0.1) is 17.4 Å². The average molecular weight is 460 g/mol. The molecule has 0 bridgehead atoms. The molecule has 9 nitrogen and oxygen atoms in total. The van der Waals surface area contributed by atoms with Crippen molar-refractivity contribution in [1.82, 2.24) is 25.3 Å². The molecule has 176 valence electrons. The van der Waals surface area contributed by atoms with Crippen LogP contribution in [0.3, 0.4) is 0 Å². The minimum atomic E-state index is -1.05. The largest absolute Gasteiger partial charge is 0.504 e. The first-order valence-corrected chi connectivity index (χ1v) is 11.2. The molecule has 1 aromatic heterocycles. The van der Waals surface area contributed by atoms with Crippen molar-refractivity contribution < 1.29 is 18.7 Å². The van der Waals surface area contributed by atoms with Crippen molar-refractivity contribution >= 4 is 17.5 Å². The maximum absolute atomic E-state index is 13.9. The van der Waals surface area contributed by atoms with Gasteiger partial charge in [0.25, 0.3) is 0 Å². The van der Waals surface area contributed by atoms with E-state index in [1.807, 2.05) is 9.80 Å². The van der Waals surface area contributed by atoms with Crippen molar-refractivity contribution in [2.45, 2.75) is 32.0 Å². The van der Waals surface area contributed by atoms with Crippen molar-refractivity contribution in [3.05, 3.63) is 29.8 Å². The monoisotopic (exact) mass is 459 g/mol. The zero-order valence-electron chi connectivity index (χ0n) is 18.6. The maximum atomic E-state index is 13.9. The predicted octanol–water partition coefficient (Wildman–Crippen LogP) is 1.85. The predicted molar refractivity (Wildman–Crippen MR) is 119 cm³/mol. The first-order chi connectivity index (χ1) is 15.8. The Morgan fingerprint density at radius 2 is 1.85 bits per heavy atom. The number of aromatic nitrogens is 2. The molecule has 2 saturated heterocycles. The van der Waals surface area contributed by atoms with Crippen molar-refractivity contribution in [2.75, 3.05) is 49.5 Å². The Labute approximate surface area is 190 Å². The third kappa shape index (κ3) is 3.79. The molecule has 3 aliphatic heterocycles. The zero-order chi connectivity index (χ0) is 23.3.